The monoisotopic (exact) mass is 454 g/mol. The molecule has 5 nitrogen and oxygen atoms in total. The molecule has 0 unspecified atom stereocenters. The van der Waals surface area contributed by atoms with Gasteiger partial charge in [-0.2, -0.15) is 13.2 Å². The van der Waals surface area contributed by atoms with Gasteiger partial charge in [-0.3, -0.25) is 9.20 Å². The fourth-order valence-electron chi connectivity index (χ4n) is 3.07. The highest BCUT2D eigenvalue weighted by molar-refractivity contribution is 6.33. The normalized spacial score (nSPS) is 11.8. The maximum atomic E-state index is 13.2. The molecular formula is C22H22ClF3N2O3. The van der Waals surface area contributed by atoms with Gasteiger partial charge in [-0.15, -0.1) is 0 Å². The fourth-order valence-corrected chi connectivity index (χ4v) is 3.32. The Morgan fingerprint density at radius 1 is 1.23 bits per heavy atom. The maximum absolute atomic E-state index is 13.2. The van der Waals surface area contributed by atoms with Gasteiger partial charge in [0.15, 0.2) is 5.65 Å². The minimum atomic E-state index is -4.56. The zero-order chi connectivity index (χ0) is 22.6. The summed E-state index contributed by atoms with van der Waals surface area (Å²) in [5.74, 6) is 0.137. The molecule has 0 radical (unpaired) electrons. The van der Waals surface area contributed by atoms with E-state index in [2.05, 4.69) is 4.98 Å². The summed E-state index contributed by atoms with van der Waals surface area (Å²) >= 11 is 6.05. The largest absolute Gasteiger partial charge is 0.494 e. The van der Waals surface area contributed by atoms with Crippen molar-refractivity contribution in [3.8, 4) is 5.75 Å². The third-order valence-electron chi connectivity index (χ3n) is 4.59. The molecule has 0 saturated carbocycles. The molecular weight excluding hydrogens is 433 g/mol. The molecule has 31 heavy (non-hydrogen) atoms. The summed E-state index contributed by atoms with van der Waals surface area (Å²) in [6.07, 6.45) is -3.07. The van der Waals surface area contributed by atoms with Gasteiger partial charge in [-0.25, -0.2) is 4.98 Å². The van der Waals surface area contributed by atoms with Crippen molar-refractivity contribution >= 4 is 23.2 Å². The van der Waals surface area contributed by atoms with Crippen LogP contribution in [0.5, 0.6) is 5.75 Å². The fraction of sp³-hybridized carbons (Fsp3) is 0.364. The number of rotatable bonds is 8. The lowest BCUT2D eigenvalue weighted by Gasteiger charge is -2.11. The lowest BCUT2D eigenvalue weighted by Crippen LogP contribution is -2.11. The molecule has 0 aliphatic rings. The minimum Gasteiger partial charge on any atom is -0.494 e. The number of carbonyl (C=O) groups excluding carboxylic acids is 1. The second-order valence-corrected chi connectivity index (χ2v) is 7.70. The highest BCUT2D eigenvalue weighted by Gasteiger charge is 2.32. The van der Waals surface area contributed by atoms with Crippen molar-refractivity contribution in [2.75, 3.05) is 6.61 Å². The van der Waals surface area contributed by atoms with Crippen molar-refractivity contribution < 1.29 is 27.4 Å². The lowest BCUT2D eigenvalue weighted by molar-refractivity contribution is -0.145. The number of halogens is 4. The van der Waals surface area contributed by atoms with E-state index in [0.717, 1.165) is 12.3 Å². The van der Waals surface area contributed by atoms with E-state index in [1.165, 1.54) is 4.40 Å². The molecule has 0 spiro atoms. The maximum Gasteiger partial charge on any atom is 0.417 e. The zero-order valence-corrected chi connectivity index (χ0v) is 17.8. The van der Waals surface area contributed by atoms with Crippen molar-refractivity contribution in [3.05, 3.63) is 64.6 Å². The van der Waals surface area contributed by atoms with Crippen LogP contribution >= 0.6 is 11.6 Å². The van der Waals surface area contributed by atoms with E-state index in [1.807, 2.05) is 44.2 Å². The summed E-state index contributed by atoms with van der Waals surface area (Å²) < 4.78 is 51.7. The number of benzene rings is 1. The van der Waals surface area contributed by atoms with Gasteiger partial charge in [0.1, 0.15) is 12.4 Å². The zero-order valence-electron chi connectivity index (χ0n) is 17.1. The van der Waals surface area contributed by atoms with E-state index < -0.39 is 17.7 Å². The van der Waals surface area contributed by atoms with Crippen LogP contribution in [0.2, 0.25) is 5.02 Å². The van der Waals surface area contributed by atoms with Gasteiger partial charge in [0.25, 0.3) is 0 Å². The first kappa shape index (κ1) is 22.9. The van der Waals surface area contributed by atoms with Gasteiger partial charge in [-0.05, 0) is 30.5 Å². The summed E-state index contributed by atoms with van der Waals surface area (Å²) in [5.41, 5.74) is 0.192. The number of ether oxygens (including phenoxy) is 2. The summed E-state index contributed by atoms with van der Waals surface area (Å²) in [5, 5.41) is -0.118. The van der Waals surface area contributed by atoms with E-state index in [9.17, 15) is 18.0 Å². The number of nitrogens with zero attached hydrogens (tertiary/aromatic N) is 2. The van der Waals surface area contributed by atoms with Crippen LogP contribution in [0.25, 0.3) is 5.65 Å². The van der Waals surface area contributed by atoms with Crippen molar-refractivity contribution in [1.29, 1.82) is 0 Å². The predicted octanol–water partition coefficient (Wildman–Crippen LogP) is 6.03. The number of aromatic nitrogens is 2. The molecule has 0 atom stereocenters. The molecule has 0 N–H and O–H groups in total. The number of pyridine rings is 1. The van der Waals surface area contributed by atoms with E-state index >= 15 is 0 Å². The Labute approximate surface area is 182 Å². The summed E-state index contributed by atoms with van der Waals surface area (Å²) in [4.78, 5) is 16.5. The molecule has 1 aromatic carbocycles. The van der Waals surface area contributed by atoms with Crippen molar-refractivity contribution in [2.24, 2.45) is 0 Å². The Morgan fingerprint density at radius 2 is 1.94 bits per heavy atom. The van der Waals surface area contributed by atoms with Crippen LogP contribution in [0, 0.1) is 0 Å². The van der Waals surface area contributed by atoms with Crippen LogP contribution < -0.4 is 4.74 Å². The Hall–Kier alpha value is -2.74. The highest BCUT2D eigenvalue weighted by Crippen LogP contribution is 2.34. The van der Waals surface area contributed by atoms with E-state index in [4.69, 9.17) is 21.1 Å². The Balaban J connectivity index is 1.68. The van der Waals surface area contributed by atoms with Gasteiger partial charge in [-0.1, -0.05) is 43.6 Å². The number of imidazole rings is 1. The number of para-hydroxylation sites is 1. The minimum absolute atomic E-state index is 0.0988. The van der Waals surface area contributed by atoms with Crippen molar-refractivity contribution in [3.63, 3.8) is 0 Å². The summed E-state index contributed by atoms with van der Waals surface area (Å²) in [6.45, 7) is 3.85. The molecule has 9 heteroatoms. The van der Waals surface area contributed by atoms with Crippen LogP contribution in [-0.4, -0.2) is 22.0 Å². The Kier molecular flexibility index (Phi) is 7.10. The Morgan fingerprint density at radius 3 is 2.58 bits per heavy atom. The van der Waals surface area contributed by atoms with Gasteiger partial charge in [0, 0.05) is 12.6 Å². The molecule has 0 aliphatic heterocycles. The first-order valence-electron chi connectivity index (χ1n) is 9.78. The smallest absolute Gasteiger partial charge is 0.417 e. The molecule has 0 aliphatic carbocycles. The molecule has 166 valence electrons. The first-order valence-corrected chi connectivity index (χ1v) is 10.2. The second kappa shape index (κ2) is 9.60. The van der Waals surface area contributed by atoms with Crippen LogP contribution in [0.3, 0.4) is 0 Å². The van der Waals surface area contributed by atoms with Crippen molar-refractivity contribution in [2.45, 2.75) is 45.4 Å². The van der Waals surface area contributed by atoms with Crippen molar-refractivity contribution in [1.82, 2.24) is 9.38 Å². The quantitative estimate of drug-likeness (QED) is 0.308. The molecule has 2 heterocycles. The first-order chi connectivity index (χ1) is 14.7. The standard InChI is InChI=1S/C22H22ClF3N2O3/c1-14(2)20-18(28-12-15(22(24,25)26)11-17(23)21(28)27-20)13-31-19(29)9-6-10-30-16-7-4-3-5-8-16/h3-5,7-8,11-12,14H,6,9-10,13H2,1-2H3. The number of alkyl halides is 3. The highest BCUT2D eigenvalue weighted by atomic mass is 35.5. The number of hydrogen-bond acceptors (Lipinski definition) is 4. The van der Waals surface area contributed by atoms with E-state index in [1.54, 1.807) is 0 Å². The average molecular weight is 455 g/mol. The van der Waals surface area contributed by atoms with Gasteiger partial charge in [0.05, 0.1) is 28.6 Å². The topological polar surface area (TPSA) is 52.8 Å². The third-order valence-corrected chi connectivity index (χ3v) is 4.86. The molecule has 3 aromatic rings. The molecule has 2 aromatic heterocycles. The number of hydrogen-bond donors (Lipinski definition) is 0. The van der Waals surface area contributed by atoms with Crippen LogP contribution in [0.15, 0.2) is 42.6 Å². The molecule has 0 bridgehead atoms. The van der Waals surface area contributed by atoms with Crippen LogP contribution in [-0.2, 0) is 22.3 Å². The summed E-state index contributed by atoms with van der Waals surface area (Å²) in [6, 6.07) is 10.1. The summed E-state index contributed by atoms with van der Waals surface area (Å²) in [7, 11) is 0. The number of fused-ring (bicyclic) bond motifs is 1. The molecule has 0 fully saturated rings. The SMILES string of the molecule is CC(C)c1nc2c(Cl)cc(C(F)(F)F)cn2c1COC(=O)CCCOc1ccccc1. The molecule has 0 amide bonds. The second-order valence-electron chi connectivity index (χ2n) is 7.29. The van der Waals surface area contributed by atoms with Crippen LogP contribution in [0.4, 0.5) is 13.2 Å². The van der Waals surface area contributed by atoms with Gasteiger partial charge >= 0.3 is 12.1 Å². The number of esters is 1. The van der Waals surface area contributed by atoms with E-state index in [-0.39, 0.29) is 29.6 Å². The van der Waals surface area contributed by atoms with Gasteiger partial charge in [0.2, 0.25) is 0 Å². The number of carbonyl (C=O) groups is 1. The Bertz CT molecular complexity index is 1050. The lowest BCUT2D eigenvalue weighted by atomic mass is 10.1. The van der Waals surface area contributed by atoms with E-state index in [0.29, 0.717) is 30.2 Å². The van der Waals surface area contributed by atoms with Crippen LogP contribution in [0.1, 0.15) is 49.6 Å². The third kappa shape index (κ3) is 5.70. The van der Waals surface area contributed by atoms with Gasteiger partial charge < -0.3 is 9.47 Å². The molecule has 3 rings (SSSR count). The predicted molar refractivity (Wildman–Crippen MR) is 110 cm³/mol. The average Bonchev–Trinajstić information content (AvgIpc) is 3.09. The molecule has 0 saturated heterocycles.